The minimum absolute atomic E-state index is 0.0531. The van der Waals surface area contributed by atoms with E-state index in [1.165, 1.54) is 6.26 Å². The number of carbonyl (C=O) groups is 2. The van der Waals surface area contributed by atoms with Gasteiger partial charge in [-0.25, -0.2) is 0 Å². The van der Waals surface area contributed by atoms with Crippen molar-refractivity contribution in [2.75, 3.05) is 5.32 Å². The molecular formula is C18H22N2O3. The van der Waals surface area contributed by atoms with Crippen LogP contribution in [-0.2, 0) is 11.2 Å². The molecule has 0 aliphatic carbocycles. The molecule has 0 saturated heterocycles. The van der Waals surface area contributed by atoms with Crippen LogP contribution in [0.15, 0.2) is 47.1 Å². The number of carbonyl (C=O) groups excluding carboxylic acids is 2. The molecule has 2 amide bonds. The van der Waals surface area contributed by atoms with E-state index in [9.17, 15) is 9.59 Å². The van der Waals surface area contributed by atoms with Crippen LogP contribution in [0.2, 0.25) is 0 Å². The Labute approximate surface area is 136 Å². The van der Waals surface area contributed by atoms with Crippen molar-refractivity contribution in [2.45, 2.75) is 33.2 Å². The molecule has 122 valence electrons. The second-order valence-electron chi connectivity index (χ2n) is 5.67. The van der Waals surface area contributed by atoms with Crippen LogP contribution in [0.4, 0.5) is 5.69 Å². The molecular weight excluding hydrogens is 292 g/mol. The average Bonchev–Trinajstić information content (AvgIpc) is 3.07. The van der Waals surface area contributed by atoms with Crippen LogP contribution in [0.25, 0.3) is 0 Å². The number of benzene rings is 1. The summed E-state index contributed by atoms with van der Waals surface area (Å²) in [4.78, 5) is 24.7. The van der Waals surface area contributed by atoms with E-state index in [4.69, 9.17) is 4.42 Å². The molecule has 0 fully saturated rings. The topological polar surface area (TPSA) is 71.3 Å². The number of hydrogen-bond acceptors (Lipinski definition) is 3. The summed E-state index contributed by atoms with van der Waals surface area (Å²) in [5.41, 5.74) is 1.83. The number of nitrogens with one attached hydrogen (secondary N) is 2. The van der Waals surface area contributed by atoms with Crippen LogP contribution in [0, 0.1) is 5.92 Å². The first kappa shape index (κ1) is 16.8. The van der Waals surface area contributed by atoms with Crippen LogP contribution >= 0.6 is 0 Å². The van der Waals surface area contributed by atoms with Crippen LogP contribution in [0.1, 0.15) is 36.9 Å². The molecule has 1 aromatic heterocycles. The first-order valence-electron chi connectivity index (χ1n) is 7.76. The van der Waals surface area contributed by atoms with E-state index in [0.717, 1.165) is 17.7 Å². The number of amides is 2. The van der Waals surface area contributed by atoms with Gasteiger partial charge < -0.3 is 15.1 Å². The predicted octanol–water partition coefficient (Wildman–Crippen LogP) is 3.24. The smallest absolute Gasteiger partial charge is 0.287 e. The Morgan fingerprint density at radius 2 is 1.87 bits per heavy atom. The molecule has 0 saturated carbocycles. The highest BCUT2D eigenvalue weighted by Gasteiger charge is 2.26. The summed E-state index contributed by atoms with van der Waals surface area (Å²) < 4.78 is 5.07. The van der Waals surface area contributed by atoms with Crippen molar-refractivity contribution in [3.63, 3.8) is 0 Å². The van der Waals surface area contributed by atoms with Crippen molar-refractivity contribution in [1.82, 2.24) is 5.32 Å². The average molecular weight is 314 g/mol. The Morgan fingerprint density at radius 3 is 2.48 bits per heavy atom. The quantitative estimate of drug-likeness (QED) is 0.860. The fourth-order valence-electron chi connectivity index (χ4n) is 2.32. The molecule has 2 aromatic rings. The van der Waals surface area contributed by atoms with Gasteiger partial charge in [0.25, 0.3) is 5.91 Å². The van der Waals surface area contributed by atoms with E-state index in [0.29, 0.717) is 0 Å². The van der Waals surface area contributed by atoms with Crippen molar-refractivity contribution in [2.24, 2.45) is 5.92 Å². The molecule has 0 bridgehead atoms. The van der Waals surface area contributed by atoms with Gasteiger partial charge in [0.1, 0.15) is 6.04 Å². The minimum atomic E-state index is -0.641. The van der Waals surface area contributed by atoms with Crippen LogP contribution in [0.5, 0.6) is 0 Å². The van der Waals surface area contributed by atoms with Gasteiger partial charge in [0.05, 0.1) is 6.26 Å². The van der Waals surface area contributed by atoms with Gasteiger partial charge in [-0.15, -0.1) is 0 Å². The molecule has 1 aromatic carbocycles. The van der Waals surface area contributed by atoms with E-state index < -0.39 is 11.9 Å². The molecule has 5 heteroatoms. The summed E-state index contributed by atoms with van der Waals surface area (Å²) in [6, 6.07) is 10.2. The third kappa shape index (κ3) is 4.22. The van der Waals surface area contributed by atoms with Crippen molar-refractivity contribution in [3.8, 4) is 0 Å². The monoisotopic (exact) mass is 314 g/mol. The summed E-state index contributed by atoms with van der Waals surface area (Å²) in [6.07, 6.45) is 2.25. The fourth-order valence-corrected chi connectivity index (χ4v) is 2.32. The third-order valence-electron chi connectivity index (χ3n) is 3.64. The fraction of sp³-hybridized carbons (Fsp3) is 0.333. The van der Waals surface area contributed by atoms with Crippen molar-refractivity contribution >= 4 is 17.5 Å². The molecule has 1 atom stereocenters. The van der Waals surface area contributed by atoms with Gasteiger partial charge in [-0.1, -0.05) is 39.0 Å². The van der Waals surface area contributed by atoms with E-state index in [1.807, 2.05) is 45.0 Å². The molecule has 2 N–H and O–H groups in total. The van der Waals surface area contributed by atoms with Gasteiger partial charge in [-0.05, 0) is 36.1 Å². The van der Waals surface area contributed by atoms with Crippen LogP contribution in [-0.4, -0.2) is 17.9 Å². The lowest BCUT2D eigenvalue weighted by Gasteiger charge is -2.22. The van der Waals surface area contributed by atoms with Gasteiger partial charge >= 0.3 is 0 Å². The zero-order chi connectivity index (χ0) is 16.8. The molecule has 1 heterocycles. The number of aryl methyl sites for hydroxylation is 1. The van der Waals surface area contributed by atoms with Crippen LogP contribution in [0.3, 0.4) is 0 Å². The van der Waals surface area contributed by atoms with Gasteiger partial charge in [0, 0.05) is 5.69 Å². The molecule has 1 unspecified atom stereocenters. The number of hydrogen-bond donors (Lipinski definition) is 2. The third-order valence-corrected chi connectivity index (χ3v) is 3.64. The summed E-state index contributed by atoms with van der Waals surface area (Å²) in [5, 5.41) is 5.64. The van der Waals surface area contributed by atoms with Crippen molar-refractivity contribution in [3.05, 3.63) is 54.0 Å². The van der Waals surface area contributed by atoms with E-state index >= 15 is 0 Å². The Balaban J connectivity index is 2.11. The Bertz CT molecular complexity index is 663. The number of anilines is 1. The summed E-state index contributed by atoms with van der Waals surface area (Å²) in [7, 11) is 0. The lowest BCUT2D eigenvalue weighted by atomic mass is 10.0. The SMILES string of the molecule is CCc1ccccc1NC(=O)C(NC(=O)c1ccco1)C(C)C. The highest BCUT2D eigenvalue weighted by Crippen LogP contribution is 2.17. The summed E-state index contributed by atoms with van der Waals surface area (Å²) >= 11 is 0. The molecule has 0 aliphatic rings. The lowest BCUT2D eigenvalue weighted by Crippen LogP contribution is -2.47. The largest absolute Gasteiger partial charge is 0.459 e. The van der Waals surface area contributed by atoms with Crippen LogP contribution < -0.4 is 10.6 Å². The first-order chi connectivity index (χ1) is 11.0. The Hall–Kier alpha value is -2.56. The second-order valence-corrected chi connectivity index (χ2v) is 5.67. The van der Waals surface area contributed by atoms with Gasteiger partial charge in [-0.3, -0.25) is 9.59 Å². The van der Waals surface area contributed by atoms with Gasteiger partial charge in [0.15, 0.2) is 5.76 Å². The van der Waals surface area contributed by atoms with Gasteiger partial charge in [-0.2, -0.15) is 0 Å². The lowest BCUT2D eigenvalue weighted by molar-refractivity contribution is -0.118. The maximum Gasteiger partial charge on any atom is 0.287 e. The maximum absolute atomic E-state index is 12.6. The standard InChI is InChI=1S/C18H22N2O3/c1-4-13-8-5-6-9-14(13)19-18(22)16(12(2)3)20-17(21)15-10-7-11-23-15/h5-12,16H,4H2,1-3H3,(H,19,22)(H,20,21). The molecule has 0 aliphatic heterocycles. The molecule has 0 spiro atoms. The predicted molar refractivity (Wildman–Crippen MR) is 89.2 cm³/mol. The highest BCUT2D eigenvalue weighted by molar-refractivity contribution is 6.00. The van der Waals surface area contributed by atoms with Gasteiger partial charge in [0.2, 0.25) is 5.91 Å². The molecule has 0 radical (unpaired) electrons. The van der Waals surface area contributed by atoms with E-state index in [-0.39, 0.29) is 17.6 Å². The molecule has 5 nitrogen and oxygen atoms in total. The van der Waals surface area contributed by atoms with Crippen molar-refractivity contribution in [1.29, 1.82) is 0 Å². The maximum atomic E-state index is 12.6. The zero-order valence-corrected chi connectivity index (χ0v) is 13.6. The minimum Gasteiger partial charge on any atom is -0.459 e. The number of para-hydroxylation sites is 1. The van der Waals surface area contributed by atoms with E-state index in [1.54, 1.807) is 12.1 Å². The first-order valence-corrected chi connectivity index (χ1v) is 7.76. The van der Waals surface area contributed by atoms with E-state index in [2.05, 4.69) is 10.6 Å². The zero-order valence-electron chi connectivity index (χ0n) is 13.6. The number of rotatable bonds is 6. The normalized spacial score (nSPS) is 12.0. The second kappa shape index (κ2) is 7.63. The van der Waals surface area contributed by atoms with Crippen molar-refractivity contribution < 1.29 is 14.0 Å². The Kier molecular flexibility index (Phi) is 5.57. The molecule has 23 heavy (non-hydrogen) atoms. The number of furan rings is 1. The molecule has 2 rings (SSSR count). The Morgan fingerprint density at radius 1 is 1.13 bits per heavy atom. The summed E-state index contributed by atoms with van der Waals surface area (Å²) in [6.45, 7) is 5.81. The highest BCUT2D eigenvalue weighted by atomic mass is 16.3. The summed E-state index contributed by atoms with van der Waals surface area (Å²) in [5.74, 6) is -0.492.